The van der Waals surface area contributed by atoms with Crippen LogP contribution in [0.3, 0.4) is 0 Å². The summed E-state index contributed by atoms with van der Waals surface area (Å²) in [7, 11) is 3.33. The zero-order chi connectivity index (χ0) is 44.5. The van der Waals surface area contributed by atoms with Crippen LogP contribution in [0.2, 0.25) is 0 Å². The van der Waals surface area contributed by atoms with E-state index < -0.39 is 12.5 Å². The first-order valence-corrected chi connectivity index (χ1v) is 21.7. The predicted molar refractivity (Wildman–Crippen MR) is 257 cm³/mol. The zero-order valence-electron chi connectivity index (χ0n) is 36.9. The fourth-order valence-corrected chi connectivity index (χ4v) is 7.83. The van der Waals surface area contributed by atoms with Crippen LogP contribution in [0.5, 0.6) is 23.0 Å². The van der Waals surface area contributed by atoms with Gasteiger partial charge in [-0.1, -0.05) is 88.2 Å². The molecular formula is C54H51N5O6. The number of para-hydroxylation sites is 1. The maximum absolute atomic E-state index is 6.32. The van der Waals surface area contributed by atoms with Gasteiger partial charge in [0.1, 0.15) is 36.2 Å². The SMILES string of the molecule is COc1ccc(N2C(c3ccc(C)cc3)=NOC2c2ccc(OCCN(CCOc3ccc(C4ON=C(c5ccc(C)cc5)N4c4ccc(OC)cc4)cc3)c3ccccc3)cc2)cc1. The van der Waals surface area contributed by atoms with Crippen LogP contribution in [0.1, 0.15) is 45.8 Å². The molecule has 0 bridgehead atoms. The Labute approximate surface area is 380 Å². The number of anilines is 3. The number of hydrogen-bond donors (Lipinski definition) is 0. The highest BCUT2D eigenvalue weighted by Gasteiger charge is 2.35. The molecule has 7 aromatic carbocycles. The summed E-state index contributed by atoms with van der Waals surface area (Å²) in [5.74, 6) is 4.56. The lowest BCUT2D eigenvalue weighted by Gasteiger charge is -2.26. The molecule has 0 N–H and O–H groups in total. The van der Waals surface area contributed by atoms with Crippen LogP contribution in [-0.4, -0.2) is 52.2 Å². The van der Waals surface area contributed by atoms with E-state index in [0.717, 1.165) is 74.0 Å². The van der Waals surface area contributed by atoms with E-state index in [1.54, 1.807) is 14.2 Å². The molecule has 0 saturated carbocycles. The summed E-state index contributed by atoms with van der Waals surface area (Å²) >= 11 is 0. The summed E-state index contributed by atoms with van der Waals surface area (Å²) in [6.45, 7) is 6.40. The molecule has 0 aromatic heterocycles. The highest BCUT2D eigenvalue weighted by Crippen LogP contribution is 2.38. The first-order valence-electron chi connectivity index (χ1n) is 21.7. The topological polar surface area (TPSA) is 89.8 Å². The van der Waals surface area contributed by atoms with Crippen molar-refractivity contribution in [3.05, 3.63) is 209 Å². The minimum Gasteiger partial charge on any atom is -0.497 e. The molecule has 65 heavy (non-hydrogen) atoms. The molecule has 0 saturated heterocycles. The lowest BCUT2D eigenvalue weighted by molar-refractivity contribution is 0.0867. The Kier molecular flexibility index (Phi) is 12.8. The number of methoxy groups -OCH3 is 2. The summed E-state index contributed by atoms with van der Waals surface area (Å²) in [4.78, 5) is 18.7. The summed E-state index contributed by atoms with van der Waals surface area (Å²) < 4.78 is 23.5. The molecule has 11 nitrogen and oxygen atoms in total. The third-order valence-corrected chi connectivity index (χ3v) is 11.4. The van der Waals surface area contributed by atoms with Gasteiger partial charge < -0.3 is 33.5 Å². The third-order valence-electron chi connectivity index (χ3n) is 11.4. The number of benzene rings is 7. The van der Waals surface area contributed by atoms with Crippen LogP contribution in [0.25, 0.3) is 0 Å². The maximum Gasteiger partial charge on any atom is 0.231 e. The standard InChI is InChI=1S/C54H51N5O6/c1-38-10-14-40(15-11-38)51-55-64-53(58(51)45-22-30-47(60-3)31-23-45)42-18-26-49(27-19-42)62-36-34-57(44-8-6-5-7-9-44)35-37-63-50-28-20-43(21-29-50)54-59(46-24-32-48(61-4)33-25-46)52(56-65-54)41-16-12-39(2)13-17-41/h5-33,53-54H,34-37H2,1-4H3. The fourth-order valence-electron chi connectivity index (χ4n) is 7.83. The van der Waals surface area contributed by atoms with E-state index in [4.69, 9.17) is 28.6 Å². The van der Waals surface area contributed by atoms with E-state index in [0.29, 0.717) is 26.3 Å². The van der Waals surface area contributed by atoms with Gasteiger partial charge in [0.25, 0.3) is 0 Å². The second-order valence-corrected chi connectivity index (χ2v) is 15.8. The highest BCUT2D eigenvalue weighted by atomic mass is 16.7. The third kappa shape index (κ3) is 9.69. The van der Waals surface area contributed by atoms with Crippen LogP contribution in [0, 0.1) is 13.8 Å². The predicted octanol–water partition coefficient (Wildman–Crippen LogP) is 11.1. The van der Waals surface area contributed by atoms with Crippen molar-refractivity contribution in [1.82, 2.24) is 0 Å². The van der Waals surface area contributed by atoms with Gasteiger partial charge in [-0.25, -0.2) is 0 Å². The lowest BCUT2D eigenvalue weighted by Crippen LogP contribution is -2.32. The molecule has 0 amide bonds. The quantitative estimate of drug-likeness (QED) is 0.0887. The molecule has 2 heterocycles. The molecule has 0 spiro atoms. The lowest BCUT2D eigenvalue weighted by atomic mass is 10.1. The maximum atomic E-state index is 6.32. The van der Waals surface area contributed by atoms with Gasteiger partial charge in [0.15, 0.2) is 11.7 Å². The Hall–Kier alpha value is -7.92. The molecule has 11 heteroatoms. The Morgan fingerprint density at radius 2 is 0.846 bits per heavy atom. The fraction of sp³-hybridized carbons (Fsp3) is 0.185. The van der Waals surface area contributed by atoms with Crippen LogP contribution < -0.4 is 33.6 Å². The number of aryl methyl sites for hydroxylation is 2. The average Bonchev–Trinajstić information content (AvgIpc) is 4.01. The number of oxime groups is 2. The van der Waals surface area contributed by atoms with E-state index >= 15 is 0 Å². The average molecular weight is 866 g/mol. The molecule has 328 valence electrons. The van der Waals surface area contributed by atoms with Crippen LogP contribution in [0.15, 0.2) is 186 Å². The monoisotopic (exact) mass is 865 g/mol. The normalized spacial score (nSPS) is 15.4. The summed E-state index contributed by atoms with van der Waals surface area (Å²) in [5, 5.41) is 9.12. The molecule has 2 aliphatic heterocycles. The van der Waals surface area contributed by atoms with E-state index in [-0.39, 0.29) is 0 Å². The molecule has 7 aromatic rings. The Morgan fingerprint density at radius 3 is 1.23 bits per heavy atom. The molecule has 0 radical (unpaired) electrons. The van der Waals surface area contributed by atoms with Crippen LogP contribution >= 0.6 is 0 Å². The van der Waals surface area contributed by atoms with Gasteiger partial charge in [0, 0.05) is 39.3 Å². The zero-order valence-corrected chi connectivity index (χ0v) is 36.9. The molecule has 0 aliphatic carbocycles. The van der Waals surface area contributed by atoms with Gasteiger partial charge in [-0.15, -0.1) is 0 Å². The van der Waals surface area contributed by atoms with Crippen molar-refractivity contribution in [2.75, 3.05) is 55.2 Å². The molecular weight excluding hydrogens is 815 g/mol. The van der Waals surface area contributed by atoms with Crippen molar-refractivity contribution in [2.45, 2.75) is 26.3 Å². The van der Waals surface area contributed by atoms with Crippen molar-refractivity contribution < 1.29 is 28.6 Å². The number of nitrogens with zero attached hydrogens (tertiary/aromatic N) is 5. The van der Waals surface area contributed by atoms with E-state index in [9.17, 15) is 0 Å². The van der Waals surface area contributed by atoms with Gasteiger partial charge in [0.2, 0.25) is 12.5 Å². The van der Waals surface area contributed by atoms with E-state index in [2.05, 4.69) is 99.5 Å². The minimum absolute atomic E-state index is 0.463. The minimum atomic E-state index is -0.463. The van der Waals surface area contributed by atoms with Crippen LogP contribution in [-0.2, 0) is 9.68 Å². The second kappa shape index (κ2) is 19.6. The van der Waals surface area contributed by atoms with Crippen LogP contribution in [0.4, 0.5) is 17.1 Å². The van der Waals surface area contributed by atoms with Crippen molar-refractivity contribution in [3.63, 3.8) is 0 Å². The van der Waals surface area contributed by atoms with E-state index in [1.165, 1.54) is 11.1 Å². The van der Waals surface area contributed by atoms with Crippen molar-refractivity contribution in [2.24, 2.45) is 10.3 Å². The molecule has 2 unspecified atom stereocenters. The van der Waals surface area contributed by atoms with Crippen molar-refractivity contribution >= 4 is 28.7 Å². The number of rotatable bonds is 17. The molecule has 0 fully saturated rings. The molecule has 9 rings (SSSR count). The largest absolute Gasteiger partial charge is 0.497 e. The summed E-state index contributed by atoms with van der Waals surface area (Å²) in [6, 6.07) is 58.8. The Bertz CT molecular complexity index is 2520. The first kappa shape index (κ1) is 42.4. The summed E-state index contributed by atoms with van der Waals surface area (Å²) in [6.07, 6.45) is -0.927. The summed E-state index contributed by atoms with van der Waals surface area (Å²) in [5.41, 5.74) is 9.15. The number of ether oxygens (including phenoxy) is 4. The smallest absolute Gasteiger partial charge is 0.231 e. The first-order chi connectivity index (χ1) is 31.9. The van der Waals surface area contributed by atoms with Crippen molar-refractivity contribution in [1.29, 1.82) is 0 Å². The van der Waals surface area contributed by atoms with Gasteiger partial charge in [-0.3, -0.25) is 9.80 Å². The van der Waals surface area contributed by atoms with Gasteiger partial charge in [0.05, 0.1) is 27.3 Å². The van der Waals surface area contributed by atoms with Gasteiger partial charge in [-0.05, 0) is 123 Å². The second-order valence-electron chi connectivity index (χ2n) is 15.8. The molecule has 2 aliphatic rings. The highest BCUT2D eigenvalue weighted by molar-refractivity contribution is 6.11. The van der Waals surface area contributed by atoms with Crippen molar-refractivity contribution in [3.8, 4) is 23.0 Å². The van der Waals surface area contributed by atoms with E-state index in [1.807, 2.05) is 115 Å². The Morgan fingerprint density at radius 1 is 0.462 bits per heavy atom. The Balaban J connectivity index is 0.825. The number of hydrogen-bond acceptors (Lipinski definition) is 11. The number of amidine groups is 2. The van der Waals surface area contributed by atoms with Gasteiger partial charge in [-0.2, -0.15) is 0 Å². The molecule has 2 atom stereocenters. The van der Waals surface area contributed by atoms with Gasteiger partial charge >= 0.3 is 0 Å².